The minimum atomic E-state index is -0.786. The molecule has 1 aliphatic rings. The standard InChI is InChI=1S/C14H20N6O4/c1-6(2)11(22)18-14-17-10-9(12(23)19-14)16-5-20(10)13-8(21)3-7(4-15)24-13/h5-8,13,21H,3-4,15H2,1-2H3,(H2,17,18,19,22,23)/t7-,8+,13+/m0/s1. The Morgan fingerprint density at radius 1 is 1.62 bits per heavy atom. The van der Waals surface area contributed by atoms with Crippen molar-refractivity contribution in [1.29, 1.82) is 0 Å². The minimum absolute atomic E-state index is 0.0239. The van der Waals surface area contributed by atoms with Gasteiger partial charge in [0.25, 0.3) is 5.56 Å². The molecule has 1 aliphatic heterocycles. The van der Waals surface area contributed by atoms with E-state index >= 15 is 0 Å². The molecule has 1 fully saturated rings. The molecular formula is C14H20N6O4. The maximum atomic E-state index is 12.1. The van der Waals surface area contributed by atoms with E-state index in [9.17, 15) is 14.7 Å². The fourth-order valence-corrected chi connectivity index (χ4v) is 2.56. The number of amides is 1. The molecule has 0 aromatic carbocycles. The third-order valence-corrected chi connectivity index (χ3v) is 3.90. The highest BCUT2D eigenvalue weighted by molar-refractivity contribution is 5.91. The van der Waals surface area contributed by atoms with Gasteiger partial charge in [-0.25, -0.2) is 4.98 Å². The number of ether oxygens (including phenoxy) is 1. The zero-order valence-electron chi connectivity index (χ0n) is 13.4. The first kappa shape index (κ1) is 16.6. The molecular weight excluding hydrogens is 316 g/mol. The van der Waals surface area contributed by atoms with Gasteiger partial charge in [-0.1, -0.05) is 13.8 Å². The van der Waals surface area contributed by atoms with E-state index in [2.05, 4.69) is 20.3 Å². The summed E-state index contributed by atoms with van der Waals surface area (Å²) in [5.74, 6) is -0.513. The average molecular weight is 336 g/mol. The van der Waals surface area contributed by atoms with Gasteiger partial charge in [0.15, 0.2) is 17.4 Å². The van der Waals surface area contributed by atoms with Crippen molar-refractivity contribution < 1.29 is 14.6 Å². The quantitative estimate of drug-likeness (QED) is 0.578. The van der Waals surface area contributed by atoms with Crippen LogP contribution in [0.2, 0.25) is 0 Å². The number of fused-ring (bicyclic) bond motifs is 1. The van der Waals surface area contributed by atoms with E-state index < -0.39 is 17.9 Å². The number of carbonyl (C=O) groups is 1. The van der Waals surface area contributed by atoms with Crippen molar-refractivity contribution in [1.82, 2.24) is 19.5 Å². The predicted octanol–water partition coefficient (Wildman–Crippen LogP) is -0.679. The minimum Gasteiger partial charge on any atom is -0.388 e. The van der Waals surface area contributed by atoms with Crippen molar-refractivity contribution in [3.63, 3.8) is 0 Å². The first-order valence-corrected chi connectivity index (χ1v) is 7.72. The zero-order chi connectivity index (χ0) is 17.4. The van der Waals surface area contributed by atoms with E-state index in [1.54, 1.807) is 13.8 Å². The van der Waals surface area contributed by atoms with Crippen LogP contribution in [0.3, 0.4) is 0 Å². The lowest BCUT2D eigenvalue weighted by Crippen LogP contribution is -2.24. The third kappa shape index (κ3) is 2.90. The molecule has 2 aromatic rings. The second-order valence-electron chi connectivity index (χ2n) is 6.07. The Labute approximate surface area is 137 Å². The summed E-state index contributed by atoms with van der Waals surface area (Å²) >= 11 is 0. The summed E-state index contributed by atoms with van der Waals surface area (Å²) in [6.45, 7) is 3.74. The highest BCUT2D eigenvalue weighted by Gasteiger charge is 2.35. The molecule has 0 bridgehead atoms. The number of hydrogen-bond acceptors (Lipinski definition) is 7. The summed E-state index contributed by atoms with van der Waals surface area (Å²) in [5.41, 5.74) is 5.41. The second kappa shape index (κ2) is 6.30. The predicted molar refractivity (Wildman–Crippen MR) is 85.2 cm³/mol. The van der Waals surface area contributed by atoms with Crippen LogP contribution in [0.25, 0.3) is 11.2 Å². The van der Waals surface area contributed by atoms with Gasteiger partial charge < -0.3 is 15.6 Å². The maximum Gasteiger partial charge on any atom is 0.280 e. The van der Waals surface area contributed by atoms with Gasteiger partial charge in [-0.3, -0.25) is 24.5 Å². The monoisotopic (exact) mass is 336 g/mol. The number of nitrogens with zero attached hydrogens (tertiary/aromatic N) is 3. The van der Waals surface area contributed by atoms with E-state index in [-0.39, 0.29) is 41.6 Å². The van der Waals surface area contributed by atoms with Gasteiger partial charge in [0.1, 0.15) is 6.10 Å². The lowest BCUT2D eigenvalue weighted by Gasteiger charge is -2.16. The van der Waals surface area contributed by atoms with Crippen LogP contribution in [0, 0.1) is 5.92 Å². The average Bonchev–Trinajstić information content (AvgIpc) is 3.10. The van der Waals surface area contributed by atoms with Crippen molar-refractivity contribution in [2.45, 2.75) is 38.7 Å². The van der Waals surface area contributed by atoms with Crippen molar-refractivity contribution in [2.75, 3.05) is 11.9 Å². The molecule has 130 valence electrons. The van der Waals surface area contributed by atoms with Gasteiger partial charge in [0.05, 0.1) is 12.4 Å². The molecule has 10 heteroatoms. The first-order valence-electron chi connectivity index (χ1n) is 7.72. The highest BCUT2D eigenvalue weighted by atomic mass is 16.5. The maximum absolute atomic E-state index is 12.1. The molecule has 0 saturated carbocycles. The number of anilines is 1. The second-order valence-corrected chi connectivity index (χ2v) is 6.07. The molecule has 3 heterocycles. The first-order chi connectivity index (χ1) is 11.4. The number of aromatic amines is 1. The zero-order valence-corrected chi connectivity index (χ0v) is 13.4. The fraction of sp³-hybridized carbons (Fsp3) is 0.571. The van der Waals surface area contributed by atoms with Gasteiger partial charge in [0, 0.05) is 18.9 Å². The van der Waals surface area contributed by atoms with Crippen LogP contribution < -0.4 is 16.6 Å². The summed E-state index contributed by atoms with van der Waals surface area (Å²) in [6, 6.07) is 0. The number of aliphatic hydroxyl groups excluding tert-OH is 1. The lowest BCUT2D eigenvalue weighted by molar-refractivity contribution is -0.118. The number of H-pyrrole nitrogens is 1. The number of rotatable bonds is 4. The molecule has 0 spiro atoms. The number of aliphatic hydroxyl groups is 1. The highest BCUT2D eigenvalue weighted by Crippen LogP contribution is 2.30. The smallest absolute Gasteiger partial charge is 0.280 e. The molecule has 2 aromatic heterocycles. The van der Waals surface area contributed by atoms with Crippen LogP contribution in [0.5, 0.6) is 0 Å². The van der Waals surface area contributed by atoms with Crippen LogP contribution in [-0.2, 0) is 9.53 Å². The van der Waals surface area contributed by atoms with E-state index in [0.717, 1.165) is 0 Å². The van der Waals surface area contributed by atoms with Crippen LogP contribution >= 0.6 is 0 Å². The van der Waals surface area contributed by atoms with Crippen LogP contribution in [0.1, 0.15) is 26.5 Å². The SMILES string of the molecule is CC(C)C(=O)Nc1nc2c(ncn2[C@@H]2O[C@H](CN)C[C@H]2O)c(=O)[nH]1. The molecule has 5 N–H and O–H groups in total. The number of carbonyl (C=O) groups excluding carboxylic acids is 1. The molecule has 0 unspecified atom stereocenters. The van der Waals surface area contributed by atoms with E-state index in [1.165, 1.54) is 10.9 Å². The Morgan fingerprint density at radius 2 is 2.38 bits per heavy atom. The lowest BCUT2D eigenvalue weighted by atomic mass is 10.2. The number of hydrogen-bond donors (Lipinski definition) is 4. The largest absolute Gasteiger partial charge is 0.388 e. The van der Waals surface area contributed by atoms with E-state index in [4.69, 9.17) is 10.5 Å². The topological polar surface area (TPSA) is 148 Å². The number of nitrogens with one attached hydrogen (secondary N) is 2. The molecule has 10 nitrogen and oxygen atoms in total. The van der Waals surface area contributed by atoms with Gasteiger partial charge in [-0.05, 0) is 0 Å². The van der Waals surface area contributed by atoms with Crippen molar-refractivity contribution in [2.24, 2.45) is 11.7 Å². The molecule has 1 saturated heterocycles. The van der Waals surface area contributed by atoms with Crippen LogP contribution in [0.15, 0.2) is 11.1 Å². The summed E-state index contributed by atoms with van der Waals surface area (Å²) < 4.78 is 7.16. The third-order valence-electron chi connectivity index (χ3n) is 3.90. The van der Waals surface area contributed by atoms with E-state index in [1.807, 2.05) is 0 Å². The van der Waals surface area contributed by atoms with Gasteiger partial charge in [-0.15, -0.1) is 0 Å². The summed E-state index contributed by atoms with van der Waals surface area (Å²) in [7, 11) is 0. The molecule has 0 radical (unpaired) electrons. The normalized spacial score (nSPS) is 24.0. The molecule has 0 aliphatic carbocycles. The van der Waals surface area contributed by atoms with Crippen molar-refractivity contribution in [3.05, 3.63) is 16.7 Å². The van der Waals surface area contributed by atoms with Gasteiger partial charge >= 0.3 is 0 Å². The Kier molecular flexibility index (Phi) is 4.35. The Bertz CT molecular complexity index is 813. The van der Waals surface area contributed by atoms with Crippen molar-refractivity contribution in [3.8, 4) is 0 Å². The summed E-state index contributed by atoms with van der Waals surface area (Å²) in [5, 5.41) is 12.7. The summed E-state index contributed by atoms with van der Waals surface area (Å²) in [4.78, 5) is 34.7. The molecule has 1 amide bonds. The van der Waals surface area contributed by atoms with Crippen LogP contribution in [0.4, 0.5) is 5.95 Å². The van der Waals surface area contributed by atoms with Crippen LogP contribution in [-0.4, -0.2) is 49.3 Å². The summed E-state index contributed by atoms with van der Waals surface area (Å²) in [6.07, 6.45) is -0.0175. The molecule has 24 heavy (non-hydrogen) atoms. The molecule has 3 atom stereocenters. The van der Waals surface area contributed by atoms with Gasteiger partial charge in [-0.2, -0.15) is 4.98 Å². The Hall–Kier alpha value is -2.30. The molecule has 3 rings (SSSR count). The Balaban J connectivity index is 2.00. The Morgan fingerprint density at radius 3 is 3.00 bits per heavy atom. The van der Waals surface area contributed by atoms with Crippen molar-refractivity contribution >= 4 is 23.0 Å². The number of imidazole rings is 1. The number of nitrogens with two attached hydrogens (primary N) is 1. The van der Waals surface area contributed by atoms with E-state index in [0.29, 0.717) is 6.42 Å². The number of aromatic nitrogens is 4. The van der Waals surface area contributed by atoms with Gasteiger partial charge in [0.2, 0.25) is 11.9 Å². The fourth-order valence-electron chi connectivity index (χ4n) is 2.56.